The fourth-order valence-corrected chi connectivity index (χ4v) is 8.21. The van der Waals surface area contributed by atoms with Crippen LogP contribution in [-0.4, -0.2) is 34.0 Å². The van der Waals surface area contributed by atoms with Crippen LogP contribution in [-0.2, 0) is 0 Å². The second kappa shape index (κ2) is 16.1. The van der Waals surface area contributed by atoms with Gasteiger partial charge < -0.3 is 15.2 Å². The van der Waals surface area contributed by atoms with E-state index >= 15 is 0 Å². The van der Waals surface area contributed by atoms with Gasteiger partial charge in [-0.25, -0.2) is 0 Å². The van der Waals surface area contributed by atoms with Crippen molar-refractivity contribution in [1.82, 2.24) is 19.9 Å². The quantitative estimate of drug-likeness (QED) is 0.113. The molecule has 1 aliphatic heterocycles. The Bertz CT molecular complexity index is 3070. The first-order valence-electron chi connectivity index (χ1n) is 20.3. The number of fused-ring (bicyclic) bond motifs is 3. The number of allylic oxidation sites excluding steroid dienone is 2. The summed E-state index contributed by atoms with van der Waals surface area (Å²) in [5, 5.41) is 16.6. The molecule has 0 fully saturated rings. The fraction of sp³-hybridized carbons (Fsp3) is 0.0370. The summed E-state index contributed by atoms with van der Waals surface area (Å²) < 4.78 is 2.37. The summed E-state index contributed by atoms with van der Waals surface area (Å²) >= 11 is 0. The number of para-hydroxylation sites is 2. The van der Waals surface area contributed by atoms with Crippen molar-refractivity contribution in [2.24, 2.45) is 5.10 Å². The van der Waals surface area contributed by atoms with Crippen LogP contribution in [0, 0.1) is 0 Å². The van der Waals surface area contributed by atoms with Crippen LogP contribution >= 0.6 is 0 Å². The van der Waals surface area contributed by atoms with Crippen molar-refractivity contribution >= 4 is 44.6 Å². The van der Waals surface area contributed by atoms with Gasteiger partial charge in [0.2, 0.25) is 0 Å². The van der Waals surface area contributed by atoms with Gasteiger partial charge in [0, 0.05) is 70.2 Å². The summed E-state index contributed by atoms with van der Waals surface area (Å²) in [6.45, 7) is 0.633. The van der Waals surface area contributed by atoms with E-state index in [0.29, 0.717) is 6.54 Å². The molecule has 0 unspecified atom stereocenters. The number of anilines is 2. The minimum absolute atomic E-state index is 0.633. The average Bonchev–Trinajstić information content (AvgIpc) is 3.65. The third-order valence-electron chi connectivity index (χ3n) is 11.1. The number of hydrazone groups is 1. The van der Waals surface area contributed by atoms with E-state index < -0.39 is 0 Å². The van der Waals surface area contributed by atoms with Gasteiger partial charge in [0.25, 0.3) is 0 Å². The zero-order valence-electron chi connectivity index (χ0n) is 33.2. The van der Waals surface area contributed by atoms with Crippen molar-refractivity contribution in [1.29, 1.82) is 0 Å². The second-order valence-electron chi connectivity index (χ2n) is 14.9. The van der Waals surface area contributed by atoms with Gasteiger partial charge in [-0.1, -0.05) is 121 Å². The highest BCUT2D eigenvalue weighted by atomic mass is 15.5. The van der Waals surface area contributed by atoms with Crippen LogP contribution in [0.15, 0.2) is 218 Å². The highest BCUT2D eigenvalue weighted by Crippen LogP contribution is 2.37. The van der Waals surface area contributed by atoms with Gasteiger partial charge >= 0.3 is 0 Å². The Labute approximate surface area is 350 Å². The van der Waals surface area contributed by atoms with Crippen LogP contribution in [0.4, 0.5) is 11.4 Å². The van der Waals surface area contributed by atoms with Crippen molar-refractivity contribution in [3.63, 3.8) is 0 Å². The molecule has 0 saturated heterocycles. The summed E-state index contributed by atoms with van der Waals surface area (Å²) in [6.07, 6.45) is 10.0. The Kier molecular flexibility index (Phi) is 9.78. The molecule has 60 heavy (non-hydrogen) atoms. The number of pyridine rings is 1. The number of aromatic nitrogens is 2. The molecule has 2 N–H and O–H groups in total. The molecular formula is C54H42N6. The molecule has 6 heteroatoms. The smallest absolute Gasteiger partial charge is 0.153 e. The lowest BCUT2D eigenvalue weighted by Gasteiger charge is -2.22. The summed E-state index contributed by atoms with van der Waals surface area (Å²) in [5.41, 5.74) is 15.7. The highest BCUT2D eigenvalue weighted by molar-refractivity contribution is 6.11. The van der Waals surface area contributed by atoms with E-state index in [1.54, 1.807) is 6.20 Å². The van der Waals surface area contributed by atoms with E-state index in [1.165, 1.54) is 44.1 Å². The second-order valence-corrected chi connectivity index (χ2v) is 14.9. The lowest BCUT2D eigenvalue weighted by molar-refractivity contribution is 0.444. The van der Waals surface area contributed by atoms with E-state index in [9.17, 15) is 0 Å². The molecular weight excluding hydrogens is 733 g/mol. The Balaban J connectivity index is 0.929. The first-order valence-corrected chi connectivity index (χ1v) is 20.3. The van der Waals surface area contributed by atoms with Gasteiger partial charge in [-0.05, 0) is 106 Å². The summed E-state index contributed by atoms with van der Waals surface area (Å²) in [6, 6.07) is 64.4. The maximum absolute atomic E-state index is 5.14. The average molecular weight is 775 g/mol. The molecule has 0 bridgehead atoms. The Hall–Kier alpha value is -7.96. The lowest BCUT2D eigenvalue weighted by Crippen LogP contribution is -2.25. The number of rotatable bonds is 9. The molecule has 0 radical (unpaired) electrons. The molecule has 0 aliphatic carbocycles. The number of hydrogen-bond acceptors (Lipinski definition) is 4. The predicted octanol–water partition coefficient (Wildman–Crippen LogP) is 12.7. The minimum Gasteiger partial charge on any atom is -0.371 e. The predicted molar refractivity (Wildman–Crippen MR) is 250 cm³/mol. The van der Waals surface area contributed by atoms with Crippen molar-refractivity contribution in [3.05, 3.63) is 224 Å². The first kappa shape index (κ1) is 36.4. The van der Waals surface area contributed by atoms with Crippen molar-refractivity contribution in [2.45, 2.75) is 0 Å². The number of hydrogen-bond donors (Lipinski definition) is 2. The van der Waals surface area contributed by atoms with Gasteiger partial charge in [0.05, 0.1) is 17.6 Å². The SMILES string of the molecule is CN/C(=N\N1C=CC=C(c2ccc3c(c2)c2cc(-c4ccccc4)ccc2n3-c2ccccc2)C1)c1cccc(-c2cccc(Nc3ccccc3-c3cccnc3)c2)c1. The van der Waals surface area contributed by atoms with Crippen LogP contribution in [0.2, 0.25) is 0 Å². The molecule has 288 valence electrons. The standard InChI is InChI=1S/C54H42N6/c1-55-54(43-18-10-16-39(32-43)40-17-11-21-46(33-40)57-51-25-9-8-24-48(51)44-19-12-30-56-36-44)58-59-31-13-20-45(37-59)42-27-29-53-50(35-42)49-34-41(38-14-4-2-5-15-38)26-28-52(49)60(53)47-22-6-3-7-23-47/h2-36,57H,37H2,1H3,(H,55,58). The number of nitrogens with zero attached hydrogens (tertiary/aromatic N) is 4. The van der Waals surface area contributed by atoms with E-state index in [2.05, 4.69) is 208 Å². The highest BCUT2D eigenvalue weighted by Gasteiger charge is 2.17. The van der Waals surface area contributed by atoms with Crippen molar-refractivity contribution < 1.29 is 0 Å². The minimum atomic E-state index is 0.633. The zero-order chi connectivity index (χ0) is 40.3. The number of nitrogens with one attached hydrogen (secondary N) is 2. The molecule has 9 aromatic rings. The van der Waals surface area contributed by atoms with Crippen LogP contribution in [0.3, 0.4) is 0 Å². The Morgan fingerprint density at radius 3 is 2.03 bits per heavy atom. The van der Waals surface area contributed by atoms with Gasteiger partial charge in [0.1, 0.15) is 0 Å². The summed E-state index contributed by atoms with van der Waals surface area (Å²) in [7, 11) is 1.93. The molecule has 2 aromatic heterocycles. The molecule has 0 amide bonds. The van der Waals surface area contributed by atoms with E-state index in [1.807, 2.05) is 30.5 Å². The van der Waals surface area contributed by atoms with Gasteiger partial charge in [-0.3, -0.25) is 9.99 Å². The molecule has 6 nitrogen and oxygen atoms in total. The molecule has 0 saturated carbocycles. The molecule has 10 rings (SSSR count). The molecule has 0 spiro atoms. The molecule has 3 heterocycles. The van der Waals surface area contributed by atoms with Crippen molar-refractivity contribution in [2.75, 3.05) is 18.9 Å². The Morgan fingerprint density at radius 2 is 1.25 bits per heavy atom. The van der Waals surface area contributed by atoms with Crippen LogP contribution in [0.25, 0.3) is 66.4 Å². The molecule has 1 aliphatic rings. The van der Waals surface area contributed by atoms with Gasteiger partial charge in [-0.2, -0.15) is 5.10 Å². The van der Waals surface area contributed by atoms with Crippen molar-refractivity contribution in [3.8, 4) is 39.1 Å². The summed E-state index contributed by atoms with van der Waals surface area (Å²) in [4.78, 5) is 4.33. The van der Waals surface area contributed by atoms with Gasteiger partial charge in [0.15, 0.2) is 5.84 Å². The zero-order valence-corrected chi connectivity index (χ0v) is 33.2. The first-order chi connectivity index (χ1) is 29.7. The van der Waals surface area contributed by atoms with E-state index in [4.69, 9.17) is 5.10 Å². The van der Waals surface area contributed by atoms with Crippen LogP contribution in [0.5, 0.6) is 0 Å². The van der Waals surface area contributed by atoms with Crippen LogP contribution < -0.4 is 10.6 Å². The monoisotopic (exact) mass is 774 g/mol. The lowest BCUT2D eigenvalue weighted by atomic mass is 9.99. The third-order valence-corrected chi connectivity index (χ3v) is 11.1. The largest absolute Gasteiger partial charge is 0.371 e. The Morgan fingerprint density at radius 1 is 0.583 bits per heavy atom. The van der Waals surface area contributed by atoms with E-state index in [0.717, 1.165) is 50.7 Å². The third kappa shape index (κ3) is 7.23. The van der Waals surface area contributed by atoms with Crippen LogP contribution in [0.1, 0.15) is 11.1 Å². The number of benzene rings is 7. The van der Waals surface area contributed by atoms with Gasteiger partial charge in [-0.15, -0.1) is 0 Å². The summed E-state index contributed by atoms with van der Waals surface area (Å²) in [5.74, 6) is 0.789. The molecule has 0 atom stereocenters. The maximum Gasteiger partial charge on any atom is 0.153 e. The number of amidine groups is 1. The normalized spacial score (nSPS) is 12.8. The fourth-order valence-electron chi connectivity index (χ4n) is 8.21. The van der Waals surface area contributed by atoms with E-state index in [-0.39, 0.29) is 0 Å². The maximum atomic E-state index is 5.14. The molecule has 7 aromatic carbocycles. The topological polar surface area (TPSA) is 57.5 Å².